The molecular weight excluding hydrogens is 328 g/mol. The first-order chi connectivity index (χ1) is 11.5. The molecule has 0 bridgehead atoms. The average Bonchev–Trinajstić information content (AvgIpc) is 2.57. The lowest BCUT2D eigenvalue weighted by Gasteiger charge is -2.29. The van der Waals surface area contributed by atoms with E-state index in [1.807, 2.05) is 19.1 Å². The second-order valence-electron chi connectivity index (χ2n) is 5.51. The van der Waals surface area contributed by atoms with Crippen LogP contribution in [0, 0.1) is 6.92 Å². The molecule has 1 amide bonds. The third-order valence-corrected chi connectivity index (χ3v) is 5.24. The van der Waals surface area contributed by atoms with E-state index >= 15 is 0 Å². The van der Waals surface area contributed by atoms with Gasteiger partial charge in [-0.05, 0) is 31.2 Å². The molecule has 0 fully saturated rings. The van der Waals surface area contributed by atoms with Crippen molar-refractivity contribution in [3.05, 3.63) is 54.1 Å². The van der Waals surface area contributed by atoms with Gasteiger partial charge in [-0.15, -0.1) is 0 Å². The summed E-state index contributed by atoms with van der Waals surface area (Å²) in [6.45, 7) is 2.22. The van der Waals surface area contributed by atoms with Crippen LogP contribution in [0.4, 0.5) is 5.69 Å². The number of sulfonamides is 1. The number of anilines is 1. The highest BCUT2D eigenvalue weighted by Gasteiger charge is 2.25. The number of fused-ring (bicyclic) bond motifs is 1. The zero-order valence-corrected chi connectivity index (χ0v) is 14.0. The summed E-state index contributed by atoms with van der Waals surface area (Å²) in [5, 5.41) is 0. The summed E-state index contributed by atoms with van der Waals surface area (Å²) in [4.78, 5) is 13.8. The Labute approximate surface area is 141 Å². The number of hydrogen-bond donors (Lipinski definition) is 1. The van der Waals surface area contributed by atoms with Gasteiger partial charge < -0.3 is 9.64 Å². The Morgan fingerprint density at radius 2 is 1.83 bits per heavy atom. The Morgan fingerprint density at radius 1 is 1.12 bits per heavy atom. The van der Waals surface area contributed by atoms with Gasteiger partial charge in [0.1, 0.15) is 5.75 Å². The summed E-state index contributed by atoms with van der Waals surface area (Å²) in [5.41, 5.74) is 1.65. The number of nitrogens with one attached hydrogen (secondary N) is 1. The second kappa shape index (κ2) is 6.62. The minimum absolute atomic E-state index is 0.0400. The van der Waals surface area contributed by atoms with Crippen LogP contribution in [0.2, 0.25) is 0 Å². The van der Waals surface area contributed by atoms with Gasteiger partial charge in [-0.1, -0.05) is 29.8 Å². The van der Waals surface area contributed by atoms with Gasteiger partial charge in [0.25, 0.3) is 5.91 Å². The number of rotatable bonds is 5. The van der Waals surface area contributed by atoms with Crippen molar-refractivity contribution in [2.75, 3.05) is 24.6 Å². The molecule has 2 aromatic rings. The molecule has 0 spiro atoms. The van der Waals surface area contributed by atoms with Crippen molar-refractivity contribution in [3.63, 3.8) is 0 Å². The number of para-hydroxylation sites is 2. The highest BCUT2D eigenvalue weighted by molar-refractivity contribution is 7.89. The summed E-state index contributed by atoms with van der Waals surface area (Å²) < 4.78 is 32.4. The van der Waals surface area contributed by atoms with E-state index < -0.39 is 10.0 Å². The van der Waals surface area contributed by atoms with Gasteiger partial charge >= 0.3 is 0 Å². The van der Waals surface area contributed by atoms with Gasteiger partial charge in [0, 0.05) is 13.1 Å². The number of hydrogen-bond acceptors (Lipinski definition) is 4. The SMILES string of the molecule is Cc1ccc(S(=O)(=O)NCCN2C(=O)COc3ccccc32)cc1. The Bertz CT molecular complexity index is 847. The average molecular weight is 346 g/mol. The summed E-state index contributed by atoms with van der Waals surface area (Å²) in [6, 6.07) is 13.8. The third-order valence-electron chi connectivity index (χ3n) is 3.77. The van der Waals surface area contributed by atoms with E-state index in [0.717, 1.165) is 5.56 Å². The number of nitrogens with zero attached hydrogens (tertiary/aromatic N) is 1. The first-order valence-electron chi connectivity index (χ1n) is 7.56. The minimum atomic E-state index is -3.59. The lowest BCUT2D eigenvalue weighted by atomic mass is 10.2. The zero-order valence-electron chi connectivity index (χ0n) is 13.2. The summed E-state index contributed by atoms with van der Waals surface area (Å²) in [5.74, 6) is 0.432. The van der Waals surface area contributed by atoms with Crippen LogP contribution in [0.1, 0.15) is 5.56 Å². The van der Waals surface area contributed by atoms with Crippen LogP contribution in [0.15, 0.2) is 53.4 Å². The highest BCUT2D eigenvalue weighted by atomic mass is 32.2. The molecule has 1 aliphatic rings. The van der Waals surface area contributed by atoms with Crippen molar-refractivity contribution in [3.8, 4) is 5.75 Å². The predicted octanol–water partition coefficient (Wildman–Crippen LogP) is 1.70. The van der Waals surface area contributed by atoms with E-state index in [1.54, 1.807) is 36.4 Å². The van der Waals surface area contributed by atoms with Gasteiger partial charge in [-0.3, -0.25) is 4.79 Å². The van der Waals surface area contributed by atoms with Crippen LogP contribution in [0.3, 0.4) is 0 Å². The third kappa shape index (κ3) is 3.42. The van der Waals surface area contributed by atoms with Crippen molar-refractivity contribution in [2.45, 2.75) is 11.8 Å². The standard InChI is InChI=1S/C17H18N2O4S/c1-13-6-8-14(9-7-13)24(21,22)18-10-11-19-15-4-2-3-5-16(15)23-12-17(19)20/h2-9,18H,10-12H2,1H3. The number of amides is 1. The fourth-order valence-electron chi connectivity index (χ4n) is 2.49. The first-order valence-corrected chi connectivity index (χ1v) is 9.04. The molecule has 2 aromatic carbocycles. The van der Waals surface area contributed by atoms with Crippen LogP contribution in [0.5, 0.6) is 5.75 Å². The predicted molar refractivity (Wildman–Crippen MR) is 90.7 cm³/mol. The van der Waals surface area contributed by atoms with Gasteiger partial charge in [-0.25, -0.2) is 13.1 Å². The van der Waals surface area contributed by atoms with Crippen LogP contribution in [0.25, 0.3) is 0 Å². The smallest absolute Gasteiger partial charge is 0.265 e. The molecule has 0 saturated carbocycles. The van der Waals surface area contributed by atoms with Gasteiger partial charge in [0.2, 0.25) is 10.0 Å². The van der Waals surface area contributed by atoms with E-state index in [-0.39, 0.29) is 30.5 Å². The molecular formula is C17H18N2O4S. The van der Waals surface area contributed by atoms with Crippen molar-refractivity contribution in [2.24, 2.45) is 0 Å². The molecule has 3 rings (SSSR count). The Balaban J connectivity index is 1.68. The molecule has 0 aliphatic carbocycles. The largest absolute Gasteiger partial charge is 0.482 e. The van der Waals surface area contributed by atoms with Crippen LogP contribution in [-0.4, -0.2) is 34.0 Å². The lowest BCUT2D eigenvalue weighted by Crippen LogP contribution is -2.43. The Kier molecular flexibility index (Phi) is 4.55. The van der Waals surface area contributed by atoms with E-state index in [1.165, 1.54) is 4.90 Å². The summed E-state index contributed by atoms with van der Waals surface area (Å²) in [7, 11) is -3.59. The molecule has 0 saturated heterocycles. The van der Waals surface area contributed by atoms with E-state index in [4.69, 9.17) is 4.74 Å². The molecule has 6 nitrogen and oxygen atoms in total. The number of benzene rings is 2. The molecule has 1 N–H and O–H groups in total. The molecule has 24 heavy (non-hydrogen) atoms. The van der Waals surface area contributed by atoms with Crippen molar-refractivity contribution < 1.29 is 17.9 Å². The number of ether oxygens (including phenoxy) is 1. The molecule has 1 aliphatic heterocycles. The number of carbonyl (C=O) groups excluding carboxylic acids is 1. The van der Waals surface area contributed by atoms with Gasteiger partial charge in [0.15, 0.2) is 6.61 Å². The summed E-state index contributed by atoms with van der Waals surface area (Å²) >= 11 is 0. The molecule has 7 heteroatoms. The van der Waals surface area contributed by atoms with Crippen molar-refractivity contribution in [1.29, 1.82) is 0 Å². The minimum Gasteiger partial charge on any atom is -0.482 e. The fraction of sp³-hybridized carbons (Fsp3) is 0.235. The molecule has 126 valence electrons. The van der Waals surface area contributed by atoms with Crippen LogP contribution >= 0.6 is 0 Å². The van der Waals surface area contributed by atoms with E-state index in [0.29, 0.717) is 11.4 Å². The maximum atomic E-state index is 12.3. The van der Waals surface area contributed by atoms with Crippen LogP contribution in [-0.2, 0) is 14.8 Å². The van der Waals surface area contributed by atoms with Crippen molar-refractivity contribution in [1.82, 2.24) is 4.72 Å². The summed E-state index contributed by atoms with van der Waals surface area (Å²) in [6.07, 6.45) is 0. The van der Waals surface area contributed by atoms with Gasteiger partial charge in [0.05, 0.1) is 10.6 Å². The van der Waals surface area contributed by atoms with E-state index in [2.05, 4.69) is 4.72 Å². The van der Waals surface area contributed by atoms with E-state index in [9.17, 15) is 13.2 Å². The Morgan fingerprint density at radius 3 is 2.58 bits per heavy atom. The second-order valence-corrected chi connectivity index (χ2v) is 7.28. The first kappa shape index (κ1) is 16.5. The topological polar surface area (TPSA) is 75.7 Å². The molecule has 0 atom stereocenters. The molecule has 0 unspecified atom stereocenters. The maximum Gasteiger partial charge on any atom is 0.265 e. The quantitative estimate of drug-likeness (QED) is 0.894. The molecule has 1 heterocycles. The Hall–Kier alpha value is -2.38. The maximum absolute atomic E-state index is 12.3. The molecule has 0 radical (unpaired) electrons. The fourth-order valence-corrected chi connectivity index (χ4v) is 3.51. The zero-order chi connectivity index (χ0) is 17.2. The van der Waals surface area contributed by atoms with Crippen LogP contribution < -0.4 is 14.4 Å². The number of carbonyl (C=O) groups is 1. The monoisotopic (exact) mass is 346 g/mol. The van der Waals surface area contributed by atoms with Gasteiger partial charge in [-0.2, -0.15) is 0 Å². The highest BCUT2D eigenvalue weighted by Crippen LogP contribution is 2.31. The van der Waals surface area contributed by atoms with Crippen molar-refractivity contribution >= 4 is 21.6 Å². The lowest BCUT2D eigenvalue weighted by molar-refractivity contribution is -0.121. The molecule has 0 aromatic heterocycles. The normalized spacial score (nSPS) is 14.2. The number of aryl methyl sites for hydroxylation is 1.